The van der Waals surface area contributed by atoms with E-state index >= 15 is 0 Å². The Morgan fingerprint density at radius 2 is 2.29 bits per heavy atom. The summed E-state index contributed by atoms with van der Waals surface area (Å²) in [5.41, 5.74) is 5.83. The molecule has 0 amide bonds. The zero-order valence-electron chi connectivity index (χ0n) is 9.23. The van der Waals surface area contributed by atoms with E-state index in [2.05, 4.69) is 4.98 Å². The normalized spacial score (nSPS) is 10.5. The molecule has 0 bridgehead atoms. The van der Waals surface area contributed by atoms with Crippen molar-refractivity contribution in [1.82, 2.24) is 4.98 Å². The van der Waals surface area contributed by atoms with E-state index in [-0.39, 0.29) is 12.4 Å². The minimum Gasteiger partial charge on any atom is -0.475 e. The van der Waals surface area contributed by atoms with Gasteiger partial charge in [0, 0.05) is 29.6 Å². The van der Waals surface area contributed by atoms with E-state index in [0.29, 0.717) is 12.2 Å². The molecule has 5 heteroatoms. The number of nitrogens with two attached hydrogens (primary N) is 1. The van der Waals surface area contributed by atoms with Crippen molar-refractivity contribution in [1.29, 1.82) is 0 Å². The number of hydrogen-bond donors (Lipinski definition) is 1. The average Bonchev–Trinajstić information content (AvgIpc) is 2.84. The molecule has 0 saturated carbocycles. The van der Waals surface area contributed by atoms with Crippen LogP contribution in [0.25, 0.3) is 0 Å². The lowest BCUT2D eigenvalue weighted by Crippen LogP contribution is -2.07. The Balaban J connectivity index is 1.95. The van der Waals surface area contributed by atoms with Gasteiger partial charge in [-0.05, 0) is 17.5 Å². The van der Waals surface area contributed by atoms with Crippen LogP contribution in [0, 0.1) is 5.82 Å². The zero-order chi connectivity index (χ0) is 12.1. The van der Waals surface area contributed by atoms with Crippen molar-refractivity contribution < 1.29 is 9.13 Å². The van der Waals surface area contributed by atoms with Gasteiger partial charge in [-0.3, -0.25) is 0 Å². The summed E-state index contributed by atoms with van der Waals surface area (Å²) in [6.07, 6.45) is 2.26. The molecule has 0 aliphatic heterocycles. The van der Waals surface area contributed by atoms with Gasteiger partial charge in [0.15, 0.2) is 5.82 Å². The van der Waals surface area contributed by atoms with Gasteiger partial charge in [0.2, 0.25) is 0 Å². The third kappa shape index (κ3) is 3.01. The first-order valence-electron chi connectivity index (χ1n) is 5.30. The molecular formula is C12H13FN2OS. The van der Waals surface area contributed by atoms with Crippen molar-refractivity contribution >= 4 is 11.3 Å². The molecule has 90 valence electrons. The maximum atomic E-state index is 13.7. The first-order chi connectivity index (χ1) is 8.31. The van der Waals surface area contributed by atoms with E-state index in [9.17, 15) is 4.39 Å². The highest BCUT2D eigenvalue weighted by molar-refractivity contribution is 7.09. The van der Waals surface area contributed by atoms with Crippen molar-refractivity contribution in [2.45, 2.75) is 13.0 Å². The van der Waals surface area contributed by atoms with Gasteiger partial charge >= 0.3 is 0 Å². The standard InChI is InChI=1S/C12H13FN2OS/c13-11-9(8-14)3-5-15-12(11)16-6-4-10-2-1-7-17-10/h1-3,5,7H,4,6,8,14H2. The molecule has 0 aliphatic rings. The number of rotatable bonds is 5. The Labute approximate surface area is 103 Å². The molecule has 2 aromatic rings. The maximum Gasteiger partial charge on any atom is 0.250 e. The summed E-state index contributed by atoms with van der Waals surface area (Å²) in [7, 11) is 0. The molecule has 0 saturated heterocycles. The van der Waals surface area contributed by atoms with Crippen molar-refractivity contribution in [3.63, 3.8) is 0 Å². The van der Waals surface area contributed by atoms with Crippen LogP contribution in [0.2, 0.25) is 0 Å². The quantitative estimate of drug-likeness (QED) is 0.888. The molecule has 0 aliphatic carbocycles. The second-order valence-corrected chi connectivity index (χ2v) is 4.50. The average molecular weight is 252 g/mol. The fraction of sp³-hybridized carbons (Fsp3) is 0.250. The topological polar surface area (TPSA) is 48.1 Å². The van der Waals surface area contributed by atoms with Crippen LogP contribution in [0.15, 0.2) is 29.8 Å². The van der Waals surface area contributed by atoms with Gasteiger partial charge in [-0.15, -0.1) is 11.3 Å². The minimum atomic E-state index is -0.457. The highest BCUT2D eigenvalue weighted by Crippen LogP contribution is 2.17. The lowest BCUT2D eigenvalue weighted by Gasteiger charge is -2.07. The van der Waals surface area contributed by atoms with Gasteiger partial charge in [0.1, 0.15) is 0 Å². The van der Waals surface area contributed by atoms with E-state index in [0.717, 1.165) is 6.42 Å². The largest absolute Gasteiger partial charge is 0.475 e. The predicted octanol–water partition coefficient (Wildman–Crippen LogP) is 2.36. The molecule has 2 N–H and O–H groups in total. The molecule has 0 radical (unpaired) electrons. The number of hydrogen-bond acceptors (Lipinski definition) is 4. The number of nitrogens with zero attached hydrogens (tertiary/aromatic N) is 1. The van der Waals surface area contributed by atoms with Crippen LogP contribution in [0.1, 0.15) is 10.4 Å². The number of ether oxygens (including phenoxy) is 1. The lowest BCUT2D eigenvalue weighted by molar-refractivity contribution is 0.291. The molecule has 2 aromatic heterocycles. The van der Waals surface area contributed by atoms with Crippen LogP contribution in [0.4, 0.5) is 4.39 Å². The summed E-state index contributed by atoms with van der Waals surface area (Å²) in [6, 6.07) is 5.56. The molecule has 3 nitrogen and oxygen atoms in total. The van der Waals surface area contributed by atoms with E-state index in [1.165, 1.54) is 11.1 Å². The summed E-state index contributed by atoms with van der Waals surface area (Å²) < 4.78 is 19.0. The molecule has 0 aromatic carbocycles. The van der Waals surface area contributed by atoms with Gasteiger partial charge in [-0.25, -0.2) is 9.37 Å². The molecular weight excluding hydrogens is 239 g/mol. The fourth-order valence-electron chi connectivity index (χ4n) is 1.42. The monoisotopic (exact) mass is 252 g/mol. The summed E-state index contributed by atoms with van der Waals surface area (Å²) >= 11 is 1.66. The number of aromatic nitrogens is 1. The second kappa shape index (κ2) is 5.75. The van der Waals surface area contributed by atoms with Gasteiger partial charge in [-0.1, -0.05) is 6.07 Å². The van der Waals surface area contributed by atoms with Crippen molar-refractivity contribution in [2.75, 3.05) is 6.61 Å². The maximum absolute atomic E-state index is 13.7. The van der Waals surface area contributed by atoms with Crippen LogP contribution < -0.4 is 10.5 Å². The molecule has 17 heavy (non-hydrogen) atoms. The smallest absolute Gasteiger partial charge is 0.250 e. The Kier molecular flexibility index (Phi) is 4.06. The van der Waals surface area contributed by atoms with Crippen LogP contribution in [0.3, 0.4) is 0 Å². The van der Waals surface area contributed by atoms with Crippen LogP contribution in [-0.2, 0) is 13.0 Å². The first-order valence-corrected chi connectivity index (χ1v) is 6.18. The number of thiophene rings is 1. The molecule has 2 heterocycles. The second-order valence-electron chi connectivity index (χ2n) is 3.47. The Morgan fingerprint density at radius 1 is 1.41 bits per heavy atom. The minimum absolute atomic E-state index is 0.0320. The van der Waals surface area contributed by atoms with E-state index < -0.39 is 5.82 Å². The Bertz CT molecular complexity index is 473. The summed E-state index contributed by atoms with van der Waals surface area (Å²) in [5.74, 6) is -0.425. The summed E-state index contributed by atoms with van der Waals surface area (Å²) in [5, 5.41) is 2.00. The summed E-state index contributed by atoms with van der Waals surface area (Å²) in [4.78, 5) is 5.07. The fourth-order valence-corrected chi connectivity index (χ4v) is 2.11. The Morgan fingerprint density at radius 3 is 3.00 bits per heavy atom. The zero-order valence-corrected chi connectivity index (χ0v) is 10.0. The van der Waals surface area contributed by atoms with E-state index in [1.54, 1.807) is 17.4 Å². The number of pyridine rings is 1. The van der Waals surface area contributed by atoms with Gasteiger partial charge < -0.3 is 10.5 Å². The van der Waals surface area contributed by atoms with Gasteiger partial charge in [0.05, 0.1) is 6.61 Å². The van der Waals surface area contributed by atoms with Crippen molar-refractivity contribution in [2.24, 2.45) is 5.73 Å². The highest BCUT2D eigenvalue weighted by Gasteiger charge is 2.09. The van der Waals surface area contributed by atoms with Crippen LogP contribution in [-0.4, -0.2) is 11.6 Å². The number of halogens is 1. The van der Waals surface area contributed by atoms with Gasteiger partial charge in [-0.2, -0.15) is 0 Å². The SMILES string of the molecule is NCc1ccnc(OCCc2cccs2)c1F. The first kappa shape index (κ1) is 12.0. The van der Waals surface area contributed by atoms with Crippen molar-refractivity contribution in [3.05, 3.63) is 46.0 Å². The molecule has 0 atom stereocenters. The lowest BCUT2D eigenvalue weighted by atomic mass is 10.2. The van der Waals surface area contributed by atoms with Crippen molar-refractivity contribution in [3.8, 4) is 5.88 Å². The predicted molar refractivity (Wildman–Crippen MR) is 65.6 cm³/mol. The third-order valence-corrected chi connectivity index (χ3v) is 3.26. The third-order valence-electron chi connectivity index (χ3n) is 2.32. The molecule has 0 unspecified atom stereocenters. The molecule has 2 rings (SSSR count). The molecule has 0 fully saturated rings. The molecule has 0 spiro atoms. The summed E-state index contributed by atoms with van der Waals surface area (Å²) in [6.45, 7) is 0.564. The van der Waals surface area contributed by atoms with Gasteiger partial charge in [0.25, 0.3) is 5.88 Å². The van der Waals surface area contributed by atoms with E-state index in [1.807, 2.05) is 17.5 Å². The van der Waals surface area contributed by atoms with E-state index in [4.69, 9.17) is 10.5 Å². The van der Waals surface area contributed by atoms with Crippen LogP contribution >= 0.6 is 11.3 Å². The van der Waals surface area contributed by atoms with Crippen LogP contribution in [0.5, 0.6) is 5.88 Å². The Hall–Kier alpha value is -1.46. The highest BCUT2D eigenvalue weighted by atomic mass is 32.1.